The minimum atomic E-state index is -3.61. The van der Waals surface area contributed by atoms with Gasteiger partial charge in [-0.15, -0.1) is 0 Å². The van der Waals surface area contributed by atoms with E-state index in [1.807, 2.05) is 0 Å². The quantitative estimate of drug-likeness (QED) is 0.734. The Bertz CT molecular complexity index is 787. The number of nitrogens with zero attached hydrogens (tertiary/aromatic N) is 1. The Morgan fingerprint density at radius 1 is 1.00 bits per heavy atom. The molecule has 0 unspecified atom stereocenters. The van der Waals surface area contributed by atoms with Crippen LogP contribution >= 0.6 is 0 Å². The van der Waals surface area contributed by atoms with Gasteiger partial charge >= 0.3 is 0 Å². The minimum absolute atomic E-state index is 0.142. The van der Waals surface area contributed by atoms with Crippen molar-refractivity contribution < 1.29 is 13.2 Å². The lowest BCUT2D eigenvalue weighted by Gasteiger charge is -2.19. The normalized spacial score (nSPS) is 11.1. The van der Waals surface area contributed by atoms with Crippen molar-refractivity contribution in [1.29, 1.82) is 0 Å². The highest BCUT2D eigenvalue weighted by molar-refractivity contribution is 7.92. The van der Waals surface area contributed by atoms with Crippen LogP contribution in [0.1, 0.15) is 36.5 Å². The van der Waals surface area contributed by atoms with Crippen LogP contribution < -0.4 is 9.62 Å². The molecule has 0 atom stereocenters. The van der Waals surface area contributed by atoms with Gasteiger partial charge in [0.1, 0.15) is 0 Å². The second-order valence-corrected chi connectivity index (χ2v) is 7.76. The van der Waals surface area contributed by atoms with Crippen LogP contribution in [0.2, 0.25) is 0 Å². The summed E-state index contributed by atoms with van der Waals surface area (Å²) in [5, 5.41) is 2.87. The molecule has 2 aromatic rings. The van der Waals surface area contributed by atoms with Crippen molar-refractivity contribution >= 4 is 21.6 Å². The minimum Gasteiger partial charge on any atom is -0.352 e. The van der Waals surface area contributed by atoms with Crippen LogP contribution in [0.5, 0.6) is 0 Å². The molecule has 1 N–H and O–H groups in total. The molecule has 0 aromatic heterocycles. The van der Waals surface area contributed by atoms with Gasteiger partial charge in [-0.1, -0.05) is 38.0 Å². The van der Waals surface area contributed by atoms with Crippen LogP contribution in [-0.2, 0) is 10.0 Å². The molecule has 0 heterocycles. The predicted molar refractivity (Wildman–Crippen MR) is 100 cm³/mol. The smallest absolute Gasteiger partial charge is 0.264 e. The van der Waals surface area contributed by atoms with Crippen LogP contribution in [0.4, 0.5) is 5.69 Å². The molecule has 2 aromatic carbocycles. The molecule has 0 aliphatic heterocycles. The zero-order chi connectivity index (χ0) is 18.3. The molecule has 134 valence electrons. The van der Waals surface area contributed by atoms with E-state index in [-0.39, 0.29) is 10.8 Å². The van der Waals surface area contributed by atoms with Crippen LogP contribution in [0.3, 0.4) is 0 Å². The molecular formula is C19H24N2O3S. The fraction of sp³-hybridized carbons (Fsp3) is 0.316. The van der Waals surface area contributed by atoms with Gasteiger partial charge in [0.05, 0.1) is 10.6 Å². The first-order valence-corrected chi connectivity index (χ1v) is 9.83. The van der Waals surface area contributed by atoms with Crippen LogP contribution in [-0.4, -0.2) is 27.9 Å². The second-order valence-electron chi connectivity index (χ2n) is 5.80. The highest BCUT2D eigenvalue weighted by Gasteiger charge is 2.21. The van der Waals surface area contributed by atoms with Crippen LogP contribution in [0.25, 0.3) is 0 Å². The summed E-state index contributed by atoms with van der Waals surface area (Å²) in [5.41, 5.74) is 1.03. The molecule has 25 heavy (non-hydrogen) atoms. The lowest BCUT2D eigenvalue weighted by molar-refractivity contribution is 0.0953. The number of hydrogen-bond acceptors (Lipinski definition) is 3. The zero-order valence-corrected chi connectivity index (χ0v) is 15.4. The van der Waals surface area contributed by atoms with Crippen molar-refractivity contribution in [2.45, 2.75) is 31.1 Å². The first kappa shape index (κ1) is 19.0. The number of amides is 1. The largest absolute Gasteiger partial charge is 0.352 e. The second kappa shape index (κ2) is 8.67. The van der Waals surface area contributed by atoms with Gasteiger partial charge in [-0.3, -0.25) is 9.10 Å². The van der Waals surface area contributed by atoms with Gasteiger partial charge < -0.3 is 5.32 Å². The van der Waals surface area contributed by atoms with Crippen molar-refractivity contribution in [3.63, 3.8) is 0 Å². The third kappa shape index (κ3) is 4.82. The molecule has 0 spiro atoms. The molecule has 5 nitrogen and oxygen atoms in total. The zero-order valence-electron chi connectivity index (χ0n) is 14.6. The fourth-order valence-corrected chi connectivity index (χ4v) is 3.61. The van der Waals surface area contributed by atoms with Crippen molar-refractivity contribution in [3.05, 3.63) is 60.2 Å². The van der Waals surface area contributed by atoms with E-state index in [4.69, 9.17) is 0 Å². The van der Waals surface area contributed by atoms with Crippen LogP contribution in [0.15, 0.2) is 59.5 Å². The third-order valence-electron chi connectivity index (χ3n) is 3.96. The van der Waals surface area contributed by atoms with E-state index in [1.165, 1.54) is 11.4 Å². The number of benzene rings is 2. The van der Waals surface area contributed by atoms with E-state index in [1.54, 1.807) is 54.6 Å². The molecule has 6 heteroatoms. The van der Waals surface area contributed by atoms with E-state index in [0.29, 0.717) is 17.8 Å². The van der Waals surface area contributed by atoms with Gasteiger partial charge in [0.25, 0.3) is 15.9 Å². The molecule has 0 radical (unpaired) electrons. The summed E-state index contributed by atoms with van der Waals surface area (Å²) in [7, 11) is -2.11. The average Bonchev–Trinajstić information content (AvgIpc) is 2.65. The Morgan fingerprint density at radius 2 is 1.64 bits per heavy atom. The maximum atomic E-state index is 12.6. The lowest BCUT2D eigenvalue weighted by atomic mass is 10.2. The number of sulfonamides is 1. The lowest BCUT2D eigenvalue weighted by Crippen LogP contribution is -2.27. The van der Waals surface area contributed by atoms with E-state index in [0.717, 1.165) is 19.3 Å². The number of nitrogens with one attached hydrogen (secondary N) is 1. The van der Waals surface area contributed by atoms with Gasteiger partial charge in [-0.2, -0.15) is 0 Å². The molecule has 0 fully saturated rings. The van der Waals surface area contributed by atoms with Gasteiger partial charge in [-0.25, -0.2) is 8.42 Å². The molecule has 0 saturated heterocycles. The van der Waals surface area contributed by atoms with E-state index in [2.05, 4.69) is 12.2 Å². The van der Waals surface area contributed by atoms with E-state index >= 15 is 0 Å². The SMILES string of the molecule is CCCCCNC(=O)c1ccc(N(C)S(=O)(=O)c2ccccc2)cc1. The summed E-state index contributed by atoms with van der Waals surface area (Å²) in [4.78, 5) is 12.3. The summed E-state index contributed by atoms with van der Waals surface area (Å²) in [6.45, 7) is 2.76. The molecular weight excluding hydrogens is 336 g/mol. The van der Waals surface area contributed by atoms with Crippen molar-refractivity contribution in [2.24, 2.45) is 0 Å². The van der Waals surface area contributed by atoms with Crippen molar-refractivity contribution in [1.82, 2.24) is 5.32 Å². The topological polar surface area (TPSA) is 66.5 Å². The average molecular weight is 360 g/mol. The Kier molecular flexibility index (Phi) is 6.58. The highest BCUT2D eigenvalue weighted by atomic mass is 32.2. The molecule has 0 bridgehead atoms. The molecule has 0 saturated carbocycles. The number of carbonyl (C=O) groups excluding carboxylic acids is 1. The Labute approximate surface area is 149 Å². The maximum Gasteiger partial charge on any atom is 0.264 e. The fourth-order valence-electron chi connectivity index (χ4n) is 2.39. The summed E-state index contributed by atoms with van der Waals surface area (Å²) < 4.78 is 26.4. The summed E-state index contributed by atoms with van der Waals surface area (Å²) in [5.74, 6) is -0.142. The number of hydrogen-bond donors (Lipinski definition) is 1. The van der Waals surface area contributed by atoms with Crippen molar-refractivity contribution in [3.8, 4) is 0 Å². The molecule has 2 rings (SSSR count). The standard InChI is InChI=1S/C19H24N2O3S/c1-3-4-8-15-20-19(22)16-11-13-17(14-12-16)21(2)25(23,24)18-9-6-5-7-10-18/h5-7,9-14H,3-4,8,15H2,1-2H3,(H,20,22). The summed E-state index contributed by atoms with van der Waals surface area (Å²) in [6, 6.07) is 14.8. The third-order valence-corrected chi connectivity index (χ3v) is 5.76. The Hall–Kier alpha value is -2.34. The van der Waals surface area contributed by atoms with E-state index < -0.39 is 10.0 Å². The summed E-state index contributed by atoms with van der Waals surface area (Å²) in [6.07, 6.45) is 3.15. The Morgan fingerprint density at radius 3 is 2.24 bits per heavy atom. The number of unbranched alkanes of at least 4 members (excludes halogenated alkanes) is 2. The molecule has 1 amide bonds. The first-order chi connectivity index (χ1) is 12.0. The number of rotatable bonds is 8. The van der Waals surface area contributed by atoms with Gasteiger partial charge in [0.15, 0.2) is 0 Å². The molecule has 0 aliphatic carbocycles. The predicted octanol–water partition coefficient (Wildman–Crippen LogP) is 3.43. The molecule has 0 aliphatic rings. The van der Waals surface area contributed by atoms with Gasteiger partial charge in [0.2, 0.25) is 0 Å². The summed E-state index contributed by atoms with van der Waals surface area (Å²) >= 11 is 0. The van der Waals surface area contributed by atoms with Crippen LogP contribution in [0, 0.1) is 0 Å². The highest BCUT2D eigenvalue weighted by Crippen LogP contribution is 2.22. The first-order valence-electron chi connectivity index (χ1n) is 8.39. The van der Waals surface area contributed by atoms with Gasteiger partial charge in [-0.05, 0) is 42.8 Å². The van der Waals surface area contributed by atoms with Gasteiger partial charge in [0, 0.05) is 19.2 Å². The van der Waals surface area contributed by atoms with E-state index in [9.17, 15) is 13.2 Å². The Balaban J connectivity index is 2.07. The number of carbonyl (C=O) groups is 1. The number of anilines is 1. The monoisotopic (exact) mass is 360 g/mol. The maximum absolute atomic E-state index is 12.6. The van der Waals surface area contributed by atoms with Crippen molar-refractivity contribution in [2.75, 3.05) is 17.9 Å².